The molecule has 0 aliphatic heterocycles. The Balaban J connectivity index is 2.25. The Hall–Kier alpha value is -2.27. The van der Waals surface area contributed by atoms with E-state index in [1.807, 2.05) is 0 Å². The molecule has 5 nitrogen and oxygen atoms in total. The summed E-state index contributed by atoms with van der Waals surface area (Å²) in [5, 5.41) is 3.22. The van der Waals surface area contributed by atoms with Gasteiger partial charge in [-0.3, -0.25) is 4.79 Å². The molecule has 0 bridgehead atoms. The van der Waals surface area contributed by atoms with E-state index in [-0.39, 0.29) is 23.0 Å². The highest BCUT2D eigenvalue weighted by atomic mass is 35.5. The Labute approximate surface area is 109 Å². The van der Waals surface area contributed by atoms with Gasteiger partial charge in [-0.1, -0.05) is 17.7 Å². The van der Waals surface area contributed by atoms with E-state index in [9.17, 15) is 4.79 Å². The normalized spacial score (nSPS) is 10.1. The number of carbonyl (C=O) groups excluding carboxylic acids is 1. The minimum absolute atomic E-state index is 0.133. The number of anilines is 3. The van der Waals surface area contributed by atoms with E-state index in [0.717, 1.165) is 0 Å². The number of pyridine rings is 1. The number of hydrogen-bond acceptors (Lipinski definition) is 4. The number of amides is 1. The Kier molecular flexibility index (Phi) is 3.34. The Morgan fingerprint density at radius 3 is 2.78 bits per heavy atom. The number of rotatable bonds is 2. The minimum atomic E-state index is -0.358. The van der Waals surface area contributed by atoms with Gasteiger partial charge in [0.2, 0.25) is 0 Å². The number of aromatic nitrogens is 1. The van der Waals surface area contributed by atoms with Gasteiger partial charge in [-0.25, -0.2) is 4.98 Å². The van der Waals surface area contributed by atoms with Crippen LogP contribution < -0.4 is 16.8 Å². The molecule has 0 radical (unpaired) electrons. The van der Waals surface area contributed by atoms with Gasteiger partial charge in [0.05, 0.1) is 11.3 Å². The van der Waals surface area contributed by atoms with Crippen LogP contribution in [0.3, 0.4) is 0 Å². The van der Waals surface area contributed by atoms with E-state index >= 15 is 0 Å². The van der Waals surface area contributed by atoms with Crippen molar-refractivity contribution in [3.05, 3.63) is 47.1 Å². The quantitative estimate of drug-likeness (QED) is 0.773. The van der Waals surface area contributed by atoms with Gasteiger partial charge < -0.3 is 16.8 Å². The van der Waals surface area contributed by atoms with E-state index < -0.39 is 0 Å². The van der Waals surface area contributed by atoms with Crippen molar-refractivity contribution >= 4 is 34.7 Å². The highest BCUT2D eigenvalue weighted by Gasteiger charge is 2.12. The van der Waals surface area contributed by atoms with E-state index in [1.165, 1.54) is 12.3 Å². The summed E-state index contributed by atoms with van der Waals surface area (Å²) in [7, 11) is 0. The molecular formula is C12H11ClN4O. The molecule has 0 spiro atoms. The van der Waals surface area contributed by atoms with E-state index in [4.69, 9.17) is 23.1 Å². The average molecular weight is 263 g/mol. The summed E-state index contributed by atoms with van der Waals surface area (Å²) in [4.78, 5) is 15.8. The second-order valence-electron chi connectivity index (χ2n) is 3.62. The van der Waals surface area contributed by atoms with Crippen LogP contribution in [-0.4, -0.2) is 10.9 Å². The van der Waals surface area contributed by atoms with Crippen molar-refractivity contribution in [1.29, 1.82) is 0 Å². The fraction of sp³-hybridized carbons (Fsp3) is 0. The molecule has 0 unspecified atom stereocenters. The summed E-state index contributed by atoms with van der Waals surface area (Å²) in [6.07, 6.45) is 1.43. The van der Waals surface area contributed by atoms with Gasteiger partial charge in [0.15, 0.2) is 0 Å². The van der Waals surface area contributed by atoms with Gasteiger partial charge in [-0.15, -0.1) is 0 Å². The van der Waals surface area contributed by atoms with Gasteiger partial charge >= 0.3 is 0 Å². The SMILES string of the molecule is Nc1nccc(C(=O)Nc2cccc(Cl)c2)c1N. The van der Waals surface area contributed by atoms with E-state index in [1.54, 1.807) is 24.3 Å². The first-order valence-corrected chi connectivity index (χ1v) is 5.52. The summed E-state index contributed by atoms with van der Waals surface area (Å²) in [6.45, 7) is 0. The number of hydrogen-bond donors (Lipinski definition) is 3. The van der Waals surface area contributed by atoms with Crippen molar-refractivity contribution < 1.29 is 4.79 Å². The molecule has 0 fully saturated rings. The highest BCUT2D eigenvalue weighted by Crippen LogP contribution is 2.20. The average Bonchev–Trinajstić information content (AvgIpc) is 2.32. The summed E-state index contributed by atoms with van der Waals surface area (Å²) in [6, 6.07) is 8.33. The molecule has 1 aromatic carbocycles. The molecule has 0 aliphatic carbocycles. The zero-order valence-corrected chi connectivity index (χ0v) is 10.1. The lowest BCUT2D eigenvalue weighted by molar-refractivity contribution is 0.102. The van der Waals surface area contributed by atoms with Crippen molar-refractivity contribution in [3.8, 4) is 0 Å². The van der Waals surface area contributed by atoms with Crippen molar-refractivity contribution in [3.63, 3.8) is 0 Å². The lowest BCUT2D eigenvalue weighted by Gasteiger charge is -2.08. The molecule has 0 atom stereocenters. The fourth-order valence-electron chi connectivity index (χ4n) is 1.45. The van der Waals surface area contributed by atoms with Crippen LogP contribution in [0.5, 0.6) is 0 Å². The molecule has 6 heteroatoms. The summed E-state index contributed by atoms with van der Waals surface area (Å²) in [5.41, 5.74) is 12.3. The number of nitrogens with zero attached hydrogens (tertiary/aromatic N) is 1. The van der Waals surface area contributed by atoms with Crippen molar-refractivity contribution in [2.75, 3.05) is 16.8 Å². The molecule has 2 rings (SSSR count). The first-order chi connectivity index (χ1) is 8.58. The Morgan fingerprint density at radius 1 is 1.28 bits per heavy atom. The molecule has 5 N–H and O–H groups in total. The molecule has 18 heavy (non-hydrogen) atoms. The molecule has 0 saturated heterocycles. The molecule has 92 valence electrons. The Morgan fingerprint density at radius 2 is 2.06 bits per heavy atom. The third kappa shape index (κ3) is 2.52. The van der Waals surface area contributed by atoms with Gasteiger partial charge in [-0.2, -0.15) is 0 Å². The molecule has 1 amide bonds. The smallest absolute Gasteiger partial charge is 0.257 e. The van der Waals surface area contributed by atoms with Gasteiger partial charge in [-0.05, 0) is 24.3 Å². The van der Waals surface area contributed by atoms with Crippen molar-refractivity contribution in [2.24, 2.45) is 0 Å². The number of nitrogens with one attached hydrogen (secondary N) is 1. The monoisotopic (exact) mass is 262 g/mol. The maximum absolute atomic E-state index is 12.0. The van der Waals surface area contributed by atoms with Crippen LogP contribution in [-0.2, 0) is 0 Å². The second kappa shape index (κ2) is 4.93. The first kappa shape index (κ1) is 12.2. The maximum Gasteiger partial charge on any atom is 0.257 e. The molecule has 2 aromatic rings. The number of benzene rings is 1. The third-order valence-corrected chi connectivity index (χ3v) is 2.58. The van der Waals surface area contributed by atoms with Crippen LogP contribution in [0, 0.1) is 0 Å². The third-order valence-electron chi connectivity index (χ3n) is 2.35. The minimum Gasteiger partial charge on any atom is -0.395 e. The molecule has 1 aromatic heterocycles. The number of halogens is 1. The predicted molar refractivity (Wildman–Crippen MR) is 72.5 cm³/mol. The van der Waals surface area contributed by atoms with Crippen LogP contribution in [0.2, 0.25) is 5.02 Å². The van der Waals surface area contributed by atoms with Crippen LogP contribution in [0.25, 0.3) is 0 Å². The van der Waals surface area contributed by atoms with Gasteiger partial charge in [0.1, 0.15) is 5.82 Å². The van der Waals surface area contributed by atoms with Crippen molar-refractivity contribution in [2.45, 2.75) is 0 Å². The van der Waals surface area contributed by atoms with E-state index in [0.29, 0.717) is 10.7 Å². The lowest BCUT2D eigenvalue weighted by atomic mass is 10.2. The molecule has 0 saturated carbocycles. The fourth-order valence-corrected chi connectivity index (χ4v) is 1.64. The summed E-state index contributed by atoms with van der Waals surface area (Å²) >= 11 is 5.82. The molecule has 0 aliphatic rings. The molecular weight excluding hydrogens is 252 g/mol. The van der Waals surface area contributed by atoms with Crippen LogP contribution in [0.1, 0.15) is 10.4 Å². The van der Waals surface area contributed by atoms with E-state index in [2.05, 4.69) is 10.3 Å². The maximum atomic E-state index is 12.0. The Bertz CT molecular complexity index is 600. The van der Waals surface area contributed by atoms with Crippen LogP contribution in [0.15, 0.2) is 36.5 Å². The number of nitrogen functional groups attached to an aromatic ring is 2. The molecule has 1 heterocycles. The number of nitrogens with two attached hydrogens (primary N) is 2. The van der Waals surface area contributed by atoms with Crippen LogP contribution in [0.4, 0.5) is 17.2 Å². The van der Waals surface area contributed by atoms with Crippen molar-refractivity contribution in [1.82, 2.24) is 4.98 Å². The predicted octanol–water partition coefficient (Wildman–Crippen LogP) is 2.15. The zero-order chi connectivity index (χ0) is 13.1. The van der Waals surface area contributed by atoms with Gasteiger partial charge in [0.25, 0.3) is 5.91 Å². The van der Waals surface area contributed by atoms with Gasteiger partial charge in [0, 0.05) is 16.9 Å². The topological polar surface area (TPSA) is 94.0 Å². The highest BCUT2D eigenvalue weighted by molar-refractivity contribution is 6.31. The lowest BCUT2D eigenvalue weighted by Crippen LogP contribution is -2.15. The zero-order valence-electron chi connectivity index (χ0n) is 9.35. The van der Waals surface area contributed by atoms with Crippen LogP contribution >= 0.6 is 11.6 Å². The standard InChI is InChI=1S/C12H11ClN4O/c13-7-2-1-3-8(6-7)17-12(18)9-4-5-16-11(15)10(9)14/h1-6H,14H2,(H2,15,16)(H,17,18). The largest absolute Gasteiger partial charge is 0.395 e. The first-order valence-electron chi connectivity index (χ1n) is 5.15. The summed E-state index contributed by atoms with van der Waals surface area (Å²) < 4.78 is 0. The summed E-state index contributed by atoms with van der Waals surface area (Å²) in [5.74, 6) is -0.224. The number of carbonyl (C=O) groups is 1. The second-order valence-corrected chi connectivity index (χ2v) is 4.06.